The summed E-state index contributed by atoms with van der Waals surface area (Å²) in [6, 6.07) is 13.8. The van der Waals surface area contributed by atoms with Gasteiger partial charge in [-0.05, 0) is 59.1 Å². The van der Waals surface area contributed by atoms with Crippen molar-refractivity contribution in [2.24, 2.45) is 0 Å². The van der Waals surface area contributed by atoms with Crippen LogP contribution in [0.3, 0.4) is 0 Å². The normalized spacial score (nSPS) is 13.3. The van der Waals surface area contributed by atoms with E-state index in [-0.39, 0.29) is 0 Å². The topological polar surface area (TPSA) is 0 Å². The number of rotatable bonds is 6. The molecule has 2 aliphatic rings. The molecule has 0 saturated carbocycles. The Morgan fingerprint density at radius 1 is 0.476 bits per heavy atom. The lowest BCUT2D eigenvalue weighted by Crippen LogP contribution is -1.95. The molecule has 0 aromatic heterocycles. The quantitative estimate of drug-likeness (QED) is 0.400. The van der Waals surface area contributed by atoms with Gasteiger partial charge in [0.1, 0.15) is 0 Å². The van der Waals surface area contributed by atoms with Crippen molar-refractivity contribution in [1.82, 2.24) is 0 Å². The summed E-state index contributed by atoms with van der Waals surface area (Å²) in [7, 11) is 0. The van der Waals surface area contributed by atoms with Gasteiger partial charge in [-0.2, -0.15) is 0 Å². The maximum atomic E-state index is 2.35. The largest absolute Gasteiger partial charge is 0.0584 e. The van der Waals surface area contributed by atoms with Crippen molar-refractivity contribution < 1.29 is 0 Å². The average Bonchev–Trinajstić information content (AvgIpc) is 2.44. The summed E-state index contributed by atoms with van der Waals surface area (Å²) in [6.07, 6.45) is 15.1. The smallest absolute Gasteiger partial charge is 0.0181 e. The maximum Gasteiger partial charge on any atom is -0.0181 e. The first-order chi connectivity index (χ1) is 10.4. The fourth-order valence-electron chi connectivity index (χ4n) is 3.15. The first kappa shape index (κ1) is 12.6. The summed E-state index contributed by atoms with van der Waals surface area (Å²) in [6.45, 7) is 0. The minimum absolute atomic E-state index is 1.22. The second-order valence-electron chi connectivity index (χ2n) is 6.15. The zero-order chi connectivity index (χ0) is 14.1. The van der Waals surface area contributed by atoms with Crippen LogP contribution in [-0.2, 0) is 12.8 Å². The van der Waals surface area contributed by atoms with E-state index in [9.17, 15) is 0 Å². The lowest BCUT2D eigenvalue weighted by molar-refractivity contribution is 0.678. The Kier molecular flexibility index (Phi) is 3.23. The standard InChI is InChI=1S/C21H20/c1(2-4-16-6-8-18-10-12-20(18)14-16)3-5-17-7-9-19-11-13-21(19)15-17/h6-15H,1-5H2. The Bertz CT molecular complexity index is 668. The van der Waals surface area contributed by atoms with Crippen LogP contribution in [0.25, 0.3) is 24.3 Å². The van der Waals surface area contributed by atoms with E-state index in [0.717, 1.165) is 0 Å². The summed E-state index contributed by atoms with van der Waals surface area (Å²) in [4.78, 5) is 0. The molecule has 0 radical (unpaired) electrons. The zero-order valence-corrected chi connectivity index (χ0v) is 12.3. The van der Waals surface area contributed by atoms with E-state index >= 15 is 0 Å². The summed E-state index contributed by atoms with van der Waals surface area (Å²) < 4.78 is 0. The Hall–Kier alpha value is -2.08. The molecule has 0 amide bonds. The van der Waals surface area contributed by atoms with Crippen molar-refractivity contribution in [1.29, 1.82) is 0 Å². The zero-order valence-electron chi connectivity index (χ0n) is 12.3. The molecule has 0 spiro atoms. The van der Waals surface area contributed by atoms with Crippen LogP contribution in [0.2, 0.25) is 0 Å². The fourth-order valence-corrected chi connectivity index (χ4v) is 3.15. The molecule has 2 aromatic rings. The maximum absolute atomic E-state index is 2.35. The molecule has 0 heterocycles. The molecule has 0 saturated heterocycles. The molecule has 0 N–H and O–H groups in total. The highest BCUT2D eigenvalue weighted by molar-refractivity contribution is 5.86. The second kappa shape index (κ2) is 5.37. The third kappa shape index (κ3) is 2.58. The predicted molar refractivity (Wildman–Crippen MR) is 92.0 cm³/mol. The molecule has 21 heavy (non-hydrogen) atoms. The molecule has 2 aliphatic carbocycles. The van der Waals surface area contributed by atoms with Gasteiger partial charge >= 0.3 is 0 Å². The molecule has 0 bridgehead atoms. The molecule has 2 aromatic carbocycles. The molecule has 0 aliphatic heterocycles. The van der Waals surface area contributed by atoms with E-state index in [0.29, 0.717) is 0 Å². The molecule has 0 unspecified atom stereocenters. The molecule has 4 rings (SSSR count). The minimum atomic E-state index is 1.22. The molecule has 0 fully saturated rings. The number of benzene rings is 2. The van der Waals surface area contributed by atoms with E-state index in [4.69, 9.17) is 0 Å². The molecule has 0 nitrogen and oxygen atoms in total. The van der Waals surface area contributed by atoms with Crippen molar-refractivity contribution in [3.05, 3.63) is 69.8 Å². The Morgan fingerprint density at radius 2 is 0.952 bits per heavy atom. The molecular weight excluding hydrogens is 252 g/mol. The monoisotopic (exact) mass is 272 g/mol. The van der Waals surface area contributed by atoms with Gasteiger partial charge in [-0.1, -0.05) is 67.1 Å². The van der Waals surface area contributed by atoms with Gasteiger partial charge in [0.05, 0.1) is 0 Å². The highest BCUT2D eigenvalue weighted by Gasteiger charge is 2.06. The average molecular weight is 272 g/mol. The summed E-state index contributed by atoms with van der Waals surface area (Å²) in [5.74, 6) is 0. The predicted octanol–water partition coefficient (Wildman–Crippen LogP) is 5.61. The Labute approximate surface area is 126 Å². The van der Waals surface area contributed by atoms with Gasteiger partial charge in [0.15, 0.2) is 0 Å². The van der Waals surface area contributed by atoms with Crippen LogP contribution in [-0.4, -0.2) is 0 Å². The van der Waals surface area contributed by atoms with Crippen molar-refractivity contribution in [3.8, 4) is 0 Å². The van der Waals surface area contributed by atoms with Crippen LogP contribution in [0.15, 0.2) is 36.4 Å². The lowest BCUT2D eigenvalue weighted by atomic mass is 9.93. The van der Waals surface area contributed by atoms with Gasteiger partial charge in [-0.3, -0.25) is 0 Å². The fraction of sp³-hybridized carbons (Fsp3) is 0.238. The minimum Gasteiger partial charge on any atom is -0.0584 e. The van der Waals surface area contributed by atoms with Gasteiger partial charge in [0, 0.05) is 0 Å². The first-order valence-corrected chi connectivity index (χ1v) is 8.00. The summed E-state index contributed by atoms with van der Waals surface area (Å²) >= 11 is 0. The van der Waals surface area contributed by atoms with Crippen molar-refractivity contribution in [2.75, 3.05) is 0 Å². The molecule has 0 heteroatoms. The van der Waals surface area contributed by atoms with Crippen LogP contribution in [0.4, 0.5) is 0 Å². The van der Waals surface area contributed by atoms with Gasteiger partial charge in [0.2, 0.25) is 0 Å². The lowest BCUT2D eigenvalue weighted by Gasteiger charge is -2.12. The van der Waals surface area contributed by atoms with Crippen LogP contribution < -0.4 is 0 Å². The van der Waals surface area contributed by atoms with E-state index in [1.807, 2.05) is 0 Å². The van der Waals surface area contributed by atoms with Gasteiger partial charge < -0.3 is 0 Å². The Morgan fingerprint density at radius 3 is 1.33 bits per heavy atom. The highest BCUT2D eigenvalue weighted by Crippen LogP contribution is 2.26. The molecule has 0 atom stereocenters. The number of fused-ring (bicyclic) bond motifs is 2. The van der Waals surface area contributed by atoms with Crippen LogP contribution in [0, 0.1) is 0 Å². The van der Waals surface area contributed by atoms with Crippen molar-refractivity contribution >= 4 is 24.3 Å². The number of hydrogen-bond donors (Lipinski definition) is 0. The van der Waals surface area contributed by atoms with E-state index in [1.165, 1.54) is 65.5 Å². The third-order valence-corrected chi connectivity index (χ3v) is 4.62. The van der Waals surface area contributed by atoms with Gasteiger partial charge in [-0.15, -0.1) is 0 Å². The van der Waals surface area contributed by atoms with Crippen molar-refractivity contribution in [2.45, 2.75) is 32.1 Å². The molecule has 104 valence electrons. The SMILES string of the molecule is C1=Cc2cc(CCCCCc3ccc4c(c3)C=C4)ccc21. The number of unbranched alkanes of at least 4 members (excludes halogenated alkanes) is 2. The van der Waals surface area contributed by atoms with Crippen LogP contribution in [0.1, 0.15) is 52.6 Å². The number of aryl methyl sites for hydroxylation is 2. The first-order valence-electron chi connectivity index (χ1n) is 8.00. The van der Waals surface area contributed by atoms with Crippen LogP contribution in [0.5, 0.6) is 0 Å². The highest BCUT2D eigenvalue weighted by atomic mass is 14.1. The third-order valence-electron chi connectivity index (χ3n) is 4.62. The van der Waals surface area contributed by atoms with E-state index in [1.54, 1.807) is 0 Å². The van der Waals surface area contributed by atoms with Crippen molar-refractivity contribution in [3.63, 3.8) is 0 Å². The van der Waals surface area contributed by atoms with E-state index < -0.39 is 0 Å². The van der Waals surface area contributed by atoms with E-state index in [2.05, 4.69) is 60.7 Å². The molecular formula is C21H20. The van der Waals surface area contributed by atoms with Gasteiger partial charge in [-0.25, -0.2) is 0 Å². The Balaban J connectivity index is 1.21. The number of hydrogen-bond acceptors (Lipinski definition) is 0. The van der Waals surface area contributed by atoms with Crippen LogP contribution >= 0.6 is 0 Å². The summed E-state index contributed by atoms with van der Waals surface area (Å²) in [5.41, 5.74) is 8.61. The summed E-state index contributed by atoms with van der Waals surface area (Å²) in [5, 5.41) is 0. The van der Waals surface area contributed by atoms with Gasteiger partial charge in [0.25, 0.3) is 0 Å². The second-order valence-corrected chi connectivity index (χ2v) is 6.15.